The Morgan fingerprint density at radius 3 is 2.57 bits per heavy atom. The van der Waals surface area contributed by atoms with E-state index in [9.17, 15) is 13.6 Å². The van der Waals surface area contributed by atoms with Crippen molar-refractivity contribution in [2.75, 3.05) is 0 Å². The van der Waals surface area contributed by atoms with E-state index in [1.54, 1.807) is 36.0 Å². The normalized spacial score (nSPS) is 11.2. The molecular formula is C26H19ClF2N4O2. The quantitative estimate of drug-likeness (QED) is 0.317. The summed E-state index contributed by atoms with van der Waals surface area (Å²) >= 11 is 6.34. The summed E-state index contributed by atoms with van der Waals surface area (Å²) in [6.07, 6.45) is 1.59. The molecule has 9 heteroatoms. The van der Waals surface area contributed by atoms with Gasteiger partial charge in [-0.15, -0.1) is 0 Å². The fourth-order valence-corrected chi connectivity index (χ4v) is 4.12. The van der Waals surface area contributed by atoms with Crippen LogP contribution in [0.5, 0.6) is 5.75 Å². The molecule has 3 aromatic heterocycles. The summed E-state index contributed by atoms with van der Waals surface area (Å²) in [6, 6.07) is 16.0. The first kappa shape index (κ1) is 22.7. The van der Waals surface area contributed by atoms with E-state index in [0.717, 1.165) is 17.8 Å². The summed E-state index contributed by atoms with van der Waals surface area (Å²) in [7, 11) is 0. The summed E-state index contributed by atoms with van der Waals surface area (Å²) in [6.45, 7) is 3.59. The zero-order chi connectivity index (χ0) is 24.7. The molecule has 0 fully saturated rings. The van der Waals surface area contributed by atoms with Gasteiger partial charge < -0.3 is 4.74 Å². The lowest BCUT2D eigenvalue weighted by molar-refractivity contribution is 0.306. The van der Waals surface area contributed by atoms with Gasteiger partial charge in [-0.05, 0) is 61.9 Å². The number of benzene rings is 2. The summed E-state index contributed by atoms with van der Waals surface area (Å²) < 4.78 is 35.6. The van der Waals surface area contributed by atoms with E-state index in [4.69, 9.17) is 16.3 Å². The average Bonchev–Trinajstić information content (AvgIpc) is 3.21. The maximum atomic E-state index is 13.5. The predicted octanol–water partition coefficient (Wildman–Crippen LogP) is 5.67. The van der Waals surface area contributed by atoms with Crippen LogP contribution in [0.2, 0.25) is 5.02 Å². The van der Waals surface area contributed by atoms with E-state index in [1.807, 2.05) is 31.2 Å². The molecule has 0 aliphatic rings. The summed E-state index contributed by atoms with van der Waals surface area (Å²) in [5.41, 5.74) is 3.26. The fourth-order valence-electron chi connectivity index (χ4n) is 3.91. The van der Waals surface area contributed by atoms with Crippen molar-refractivity contribution in [1.82, 2.24) is 19.2 Å². The molecule has 0 saturated heterocycles. The summed E-state index contributed by atoms with van der Waals surface area (Å²) in [5.74, 6) is -1.55. The van der Waals surface area contributed by atoms with E-state index >= 15 is 0 Å². The second kappa shape index (κ2) is 8.96. The van der Waals surface area contributed by atoms with Gasteiger partial charge in [0, 0.05) is 11.9 Å². The number of pyridine rings is 1. The van der Waals surface area contributed by atoms with E-state index in [0.29, 0.717) is 44.6 Å². The SMILES string of the molecule is Cc1nc2c(OCc3ccc(F)c(F)c3)cccn2c(=O)c1-c1cc(C)n(-c2ccccc2Cl)n1. The first-order chi connectivity index (χ1) is 16.8. The molecule has 5 aromatic rings. The third kappa shape index (κ3) is 4.17. The second-order valence-electron chi connectivity index (χ2n) is 8.01. The van der Waals surface area contributed by atoms with Crippen LogP contribution in [0.4, 0.5) is 8.78 Å². The number of para-hydroxylation sites is 1. The monoisotopic (exact) mass is 492 g/mol. The summed E-state index contributed by atoms with van der Waals surface area (Å²) in [5, 5.41) is 5.17. The molecule has 0 aliphatic heterocycles. The molecule has 0 bridgehead atoms. The molecule has 2 aromatic carbocycles. The molecule has 176 valence electrons. The van der Waals surface area contributed by atoms with E-state index in [2.05, 4.69) is 10.1 Å². The third-order valence-corrected chi connectivity index (χ3v) is 5.92. The van der Waals surface area contributed by atoms with Crippen LogP contribution in [0.15, 0.2) is 71.7 Å². The number of hydrogen-bond donors (Lipinski definition) is 0. The van der Waals surface area contributed by atoms with Crippen molar-refractivity contribution in [2.24, 2.45) is 0 Å². The predicted molar refractivity (Wildman–Crippen MR) is 129 cm³/mol. The van der Waals surface area contributed by atoms with Crippen LogP contribution < -0.4 is 10.3 Å². The highest BCUT2D eigenvalue weighted by Gasteiger charge is 2.19. The maximum absolute atomic E-state index is 13.5. The van der Waals surface area contributed by atoms with Crippen LogP contribution in [0.25, 0.3) is 22.6 Å². The van der Waals surface area contributed by atoms with Crippen molar-refractivity contribution in [3.05, 3.63) is 111 Å². The van der Waals surface area contributed by atoms with Crippen LogP contribution in [0.3, 0.4) is 0 Å². The smallest absolute Gasteiger partial charge is 0.267 e. The number of aryl methyl sites for hydroxylation is 2. The molecule has 0 unspecified atom stereocenters. The van der Waals surface area contributed by atoms with Crippen LogP contribution in [-0.4, -0.2) is 19.2 Å². The Morgan fingerprint density at radius 1 is 1.00 bits per heavy atom. The van der Waals surface area contributed by atoms with Gasteiger partial charge in [0.05, 0.1) is 22.0 Å². The van der Waals surface area contributed by atoms with Gasteiger partial charge in [-0.25, -0.2) is 18.4 Å². The standard InChI is InChI=1S/C26H19ClF2N4O2/c1-15-12-21(31-33(15)22-7-4-3-6-18(22)27)24-16(2)30-25-23(8-5-11-32(25)26(24)34)35-14-17-9-10-19(28)20(29)13-17/h3-13H,14H2,1-2H3. The highest BCUT2D eigenvalue weighted by atomic mass is 35.5. The first-order valence-electron chi connectivity index (χ1n) is 10.7. The molecule has 35 heavy (non-hydrogen) atoms. The van der Waals surface area contributed by atoms with Gasteiger partial charge >= 0.3 is 0 Å². The molecule has 0 N–H and O–H groups in total. The van der Waals surface area contributed by atoms with Crippen LogP contribution in [-0.2, 0) is 6.61 Å². The lowest BCUT2D eigenvalue weighted by Crippen LogP contribution is -2.19. The Hall–Kier alpha value is -4.04. The highest BCUT2D eigenvalue weighted by molar-refractivity contribution is 6.32. The minimum atomic E-state index is -0.953. The maximum Gasteiger partial charge on any atom is 0.267 e. The Labute approximate surface area is 204 Å². The number of halogens is 3. The second-order valence-corrected chi connectivity index (χ2v) is 8.42. The molecule has 5 rings (SSSR count). The molecule has 0 spiro atoms. The first-order valence-corrected chi connectivity index (χ1v) is 11.1. The fraction of sp³-hybridized carbons (Fsp3) is 0.115. The number of rotatable bonds is 5. The lowest BCUT2D eigenvalue weighted by Gasteiger charge is -2.12. The lowest BCUT2D eigenvalue weighted by atomic mass is 10.1. The molecule has 0 aliphatic carbocycles. The molecular weight excluding hydrogens is 474 g/mol. The third-order valence-electron chi connectivity index (χ3n) is 5.60. The molecule has 0 amide bonds. The van der Waals surface area contributed by atoms with E-state index in [1.165, 1.54) is 10.5 Å². The van der Waals surface area contributed by atoms with Crippen molar-refractivity contribution in [3.63, 3.8) is 0 Å². The van der Waals surface area contributed by atoms with Crippen molar-refractivity contribution in [1.29, 1.82) is 0 Å². The van der Waals surface area contributed by atoms with Gasteiger partial charge in [0.1, 0.15) is 12.3 Å². The van der Waals surface area contributed by atoms with Gasteiger partial charge in [0.15, 0.2) is 23.0 Å². The Morgan fingerprint density at radius 2 is 1.80 bits per heavy atom. The summed E-state index contributed by atoms with van der Waals surface area (Å²) in [4.78, 5) is 18.1. The van der Waals surface area contributed by atoms with Gasteiger partial charge in [0.25, 0.3) is 5.56 Å². The number of nitrogens with zero attached hydrogens (tertiary/aromatic N) is 4. The molecule has 6 nitrogen and oxygen atoms in total. The van der Waals surface area contributed by atoms with E-state index in [-0.39, 0.29) is 12.2 Å². The Balaban J connectivity index is 1.55. The Bertz CT molecular complexity index is 1650. The van der Waals surface area contributed by atoms with Crippen molar-refractivity contribution in [3.8, 4) is 22.7 Å². The van der Waals surface area contributed by atoms with Gasteiger partial charge in [-0.1, -0.05) is 29.8 Å². The zero-order valence-electron chi connectivity index (χ0n) is 18.8. The van der Waals surface area contributed by atoms with Crippen LogP contribution in [0.1, 0.15) is 17.0 Å². The van der Waals surface area contributed by atoms with Crippen molar-refractivity contribution >= 4 is 17.2 Å². The van der Waals surface area contributed by atoms with Gasteiger partial charge in [-0.2, -0.15) is 5.10 Å². The zero-order valence-corrected chi connectivity index (χ0v) is 19.6. The largest absolute Gasteiger partial charge is 0.485 e. The van der Waals surface area contributed by atoms with Crippen LogP contribution >= 0.6 is 11.6 Å². The highest BCUT2D eigenvalue weighted by Crippen LogP contribution is 2.26. The number of aromatic nitrogens is 4. The molecule has 0 saturated carbocycles. The number of ether oxygens (including phenoxy) is 1. The molecule has 0 radical (unpaired) electrons. The number of fused-ring (bicyclic) bond motifs is 1. The minimum Gasteiger partial charge on any atom is -0.485 e. The molecule has 0 atom stereocenters. The topological polar surface area (TPSA) is 61.4 Å². The molecule has 3 heterocycles. The minimum absolute atomic E-state index is 0.0189. The average molecular weight is 493 g/mol. The van der Waals surface area contributed by atoms with Crippen molar-refractivity contribution < 1.29 is 13.5 Å². The van der Waals surface area contributed by atoms with Gasteiger partial charge in [-0.3, -0.25) is 9.20 Å². The van der Waals surface area contributed by atoms with E-state index < -0.39 is 11.6 Å². The number of hydrogen-bond acceptors (Lipinski definition) is 4. The van der Waals surface area contributed by atoms with Crippen molar-refractivity contribution in [2.45, 2.75) is 20.5 Å². The Kier molecular flexibility index (Phi) is 5.82. The van der Waals surface area contributed by atoms with Crippen LogP contribution in [0, 0.1) is 25.5 Å². The van der Waals surface area contributed by atoms with Gasteiger partial charge in [0.2, 0.25) is 0 Å².